The first-order valence-corrected chi connectivity index (χ1v) is 19.9. The number of carbonyl (C=O) groups is 5. The molecule has 4 aliphatic rings. The van der Waals surface area contributed by atoms with Crippen molar-refractivity contribution in [1.29, 1.82) is 0 Å². The van der Waals surface area contributed by atoms with Crippen LogP contribution < -0.4 is 27.0 Å². The summed E-state index contributed by atoms with van der Waals surface area (Å²) in [5.41, 5.74) is 4.84. The van der Waals surface area contributed by atoms with Crippen LogP contribution in [0.2, 0.25) is 0 Å². The second-order valence-electron chi connectivity index (χ2n) is 16.8. The number of carbonyl (C=O) groups excluding carboxylic acids is 5. The number of hydrogen-bond donors (Lipinski definition) is 4. The summed E-state index contributed by atoms with van der Waals surface area (Å²) in [6, 6.07) is 15.7. The molecule has 5 amide bonds. The topological polar surface area (TPSA) is 181 Å². The zero-order valence-corrected chi connectivity index (χ0v) is 32.7. The van der Waals surface area contributed by atoms with Crippen molar-refractivity contribution in [1.82, 2.24) is 36.2 Å². The summed E-state index contributed by atoms with van der Waals surface area (Å²) in [5, 5.41) is 10.3. The highest BCUT2D eigenvalue weighted by Gasteiger charge is 2.61. The average Bonchev–Trinajstić information content (AvgIpc) is 4.07. The van der Waals surface area contributed by atoms with Crippen LogP contribution >= 0.6 is 0 Å². The molecule has 2 heterocycles. The second-order valence-corrected chi connectivity index (χ2v) is 16.8. The lowest BCUT2D eigenvalue weighted by atomic mass is 9.85. The van der Waals surface area contributed by atoms with Crippen LogP contribution in [-0.2, 0) is 23.9 Å². The number of hydrazine groups is 1. The third kappa shape index (κ3) is 8.35. The number of alkyl carbamates (subject to hydrolysis) is 1. The number of ether oxygens (including phenoxy) is 1. The number of nitrogens with zero attached hydrogens (tertiary/aromatic N) is 3. The predicted molar refractivity (Wildman–Crippen MR) is 212 cm³/mol. The van der Waals surface area contributed by atoms with Crippen LogP contribution in [-0.4, -0.2) is 74.7 Å². The van der Waals surface area contributed by atoms with Gasteiger partial charge >= 0.3 is 6.09 Å². The molecule has 14 heteroatoms. The van der Waals surface area contributed by atoms with Crippen LogP contribution in [0.3, 0.4) is 0 Å². The summed E-state index contributed by atoms with van der Waals surface area (Å²) in [5.74, 6) is -2.66. The molecule has 0 bridgehead atoms. The van der Waals surface area contributed by atoms with Crippen molar-refractivity contribution in [3.05, 3.63) is 89.9 Å². The fourth-order valence-electron chi connectivity index (χ4n) is 8.07. The standard InChI is InChI=1S/C43H51N7O7/c1-5-29-23-43(29,40(55)48-47-36(51)28-20-21-28)46-37(52)33-22-30(25-49(33)39(54)35(42(2,3)4)45-41(56)57-31-18-12-13-19-31)50-38(53)34(27-16-10-7-11-17-27)32(24-44-50)26-14-8-6-9-15-26/h5-11,14-17,24,28-31,33,35H,1,12-13,18-23,25H2,2-4H3,(H,45,56)(H,46,52)(H,47,51)(H,48,55)/t29-,30-,33+,35-,43+/m1/s1. The van der Waals surface area contributed by atoms with Gasteiger partial charge in [0.1, 0.15) is 23.7 Å². The number of hydrogen-bond acceptors (Lipinski definition) is 8. The number of amides is 5. The molecule has 4 fully saturated rings. The highest BCUT2D eigenvalue weighted by atomic mass is 16.6. The Labute approximate surface area is 331 Å². The van der Waals surface area contributed by atoms with E-state index in [1.807, 2.05) is 81.4 Å². The van der Waals surface area contributed by atoms with E-state index in [0.717, 1.165) is 44.1 Å². The molecule has 3 aromatic rings. The maximum atomic E-state index is 14.8. The molecule has 7 rings (SSSR count). The number of nitrogens with one attached hydrogen (secondary N) is 4. The third-order valence-electron chi connectivity index (χ3n) is 11.6. The van der Waals surface area contributed by atoms with Gasteiger partial charge in [0.2, 0.25) is 17.7 Å². The van der Waals surface area contributed by atoms with E-state index >= 15 is 0 Å². The normalized spacial score (nSPS) is 23.6. The molecule has 3 saturated carbocycles. The maximum Gasteiger partial charge on any atom is 0.408 e. The molecule has 1 aliphatic heterocycles. The van der Waals surface area contributed by atoms with Gasteiger partial charge in [0.05, 0.1) is 17.8 Å². The molecule has 1 saturated heterocycles. The second kappa shape index (κ2) is 16.0. The van der Waals surface area contributed by atoms with E-state index < -0.39 is 64.4 Å². The summed E-state index contributed by atoms with van der Waals surface area (Å²) in [4.78, 5) is 84.4. The van der Waals surface area contributed by atoms with Crippen molar-refractivity contribution in [2.45, 2.75) is 102 Å². The van der Waals surface area contributed by atoms with Gasteiger partial charge in [0.25, 0.3) is 11.5 Å². The van der Waals surface area contributed by atoms with Crippen LogP contribution in [0.4, 0.5) is 4.79 Å². The molecule has 0 radical (unpaired) electrons. The maximum absolute atomic E-state index is 14.8. The van der Waals surface area contributed by atoms with Crippen molar-refractivity contribution in [2.75, 3.05) is 6.54 Å². The first kappa shape index (κ1) is 39.4. The first-order valence-electron chi connectivity index (χ1n) is 19.9. The number of likely N-dealkylation sites (tertiary alicyclic amines) is 1. The van der Waals surface area contributed by atoms with Crippen LogP contribution in [0.25, 0.3) is 22.3 Å². The summed E-state index contributed by atoms with van der Waals surface area (Å²) >= 11 is 0. The molecule has 0 spiro atoms. The van der Waals surface area contributed by atoms with E-state index in [1.165, 1.54) is 9.58 Å². The minimum Gasteiger partial charge on any atom is -0.446 e. The monoisotopic (exact) mass is 777 g/mol. The Bertz CT molecular complexity index is 2090. The van der Waals surface area contributed by atoms with Crippen molar-refractivity contribution in [3.63, 3.8) is 0 Å². The van der Waals surface area contributed by atoms with Crippen LogP contribution in [0.1, 0.15) is 78.2 Å². The SMILES string of the molecule is C=C[C@@H]1C[C@@]1(NC(=O)[C@@H]1C[C@@H](n2ncc(-c3ccccc3)c(-c3ccccc3)c2=O)CN1C(=O)[C@@H](NC(=O)OC1CCCC1)C(C)(C)C)C(=O)NNC(=O)C1CC1. The Morgan fingerprint density at radius 3 is 2.16 bits per heavy atom. The van der Waals surface area contributed by atoms with E-state index in [9.17, 15) is 28.8 Å². The zero-order chi connectivity index (χ0) is 40.5. The summed E-state index contributed by atoms with van der Waals surface area (Å²) in [6.45, 7) is 9.18. The third-order valence-corrected chi connectivity index (χ3v) is 11.6. The van der Waals surface area contributed by atoms with Crippen molar-refractivity contribution < 1.29 is 28.7 Å². The van der Waals surface area contributed by atoms with Gasteiger partial charge < -0.3 is 20.3 Å². The molecule has 300 valence electrons. The lowest BCUT2D eigenvalue weighted by molar-refractivity contribution is -0.143. The zero-order valence-electron chi connectivity index (χ0n) is 32.7. The molecule has 2 aromatic carbocycles. The van der Waals surface area contributed by atoms with Crippen LogP contribution in [0, 0.1) is 17.3 Å². The molecule has 57 heavy (non-hydrogen) atoms. The van der Waals surface area contributed by atoms with E-state index in [0.29, 0.717) is 16.7 Å². The Morgan fingerprint density at radius 1 is 0.912 bits per heavy atom. The summed E-state index contributed by atoms with van der Waals surface area (Å²) < 4.78 is 7.01. The Morgan fingerprint density at radius 2 is 1.56 bits per heavy atom. The molecule has 14 nitrogen and oxygen atoms in total. The highest BCUT2D eigenvalue weighted by Crippen LogP contribution is 2.45. The van der Waals surface area contributed by atoms with Gasteiger partial charge in [-0.15, -0.1) is 6.58 Å². The lowest BCUT2D eigenvalue weighted by Gasteiger charge is -2.35. The average molecular weight is 778 g/mol. The van der Waals surface area contributed by atoms with Gasteiger partial charge in [-0.2, -0.15) is 5.10 Å². The number of aromatic nitrogens is 2. The molecule has 0 unspecified atom stereocenters. The predicted octanol–water partition coefficient (Wildman–Crippen LogP) is 4.42. The minimum atomic E-state index is -1.41. The summed E-state index contributed by atoms with van der Waals surface area (Å²) in [6.07, 6.45) is 7.36. The van der Waals surface area contributed by atoms with Crippen molar-refractivity contribution in [2.24, 2.45) is 17.3 Å². The molecule has 4 N–H and O–H groups in total. The Kier molecular flexibility index (Phi) is 11.1. The fourth-order valence-corrected chi connectivity index (χ4v) is 8.07. The summed E-state index contributed by atoms with van der Waals surface area (Å²) in [7, 11) is 0. The van der Waals surface area contributed by atoms with E-state index in [-0.39, 0.29) is 37.3 Å². The fraction of sp³-hybridized carbons (Fsp3) is 0.465. The van der Waals surface area contributed by atoms with Crippen LogP contribution in [0.5, 0.6) is 0 Å². The van der Waals surface area contributed by atoms with Crippen molar-refractivity contribution in [3.8, 4) is 22.3 Å². The van der Waals surface area contributed by atoms with Crippen molar-refractivity contribution >= 4 is 29.7 Å². The first-order chi connectivity index (χ1) is 27.3. The molecule has 3 aliphatic carbocycles. The smallest absolute Gasteiger partial charge is 0.408 e. The minimum absolute atomic E-state index is 0.0123. The van der Waals surface area contributed by atoms with E-state index in [1.54, 1.807) is 12.3 Å². The largest absolute Gasteiger partial charge is 0.446 e. The highest BCUT2D eigenvalue weighted by molar-refractivity contribution is 5.99. The molecule has 1 aromatic heterocycles. The van der Waals surface area contributed by atoms with E-state index in [4.69, 9.17) is 4.74 Å². The molecule has 5 atom stereocenters. The van der Waals surface area contributed by atoms with Gasteiger partial charge in [0.15, 0.2) is 0 Å². The quantitative estimate of drug-likeness (QED) is 0.163. The van der Waals surface area contributed by atoms with Gasteiger partial charge in [-0.05, 0) is 61.5 Å². The number of benzene rings is 2. The van der Waals surface area contributed by atoms with Gasteiger partial charge in [-0.25, -0.2) is 9.48 Å². The van der Waals surface area contributed by atoms with Crippen LogP contribution in [0.15, 0.2) is 84.3 Å². The van der Waals surface area contributed by atoms with Gasteiger partial charge in [0, 0.05) is 30.4 Å². The van der Waals surface area contributed by atoms with E-state index in [2.05, 4.69) is 33.2 Å². The molecular weight excluding hydrogens is 727 g/mol. The number of rotatable bonds is 11. The Balaban J connectivity index is 1.22. The Hall–Kier alpha value is -5.79. The molecular formula is C43H51N7O7. The lowest BCUT2D eigenvalue weighted by Crippen LogP contribution is -2.60. The van der Waals surface area contributed by atoms with Gasteiger partial charge in [-0.1, -0.05) is 87.5 Å². The van der Waals surface area contributed by atoms with Gasteiger partial charge in [-0.3, -0.25) is 34.8 Å².